The monoisotopic (exact) mass is 286 g/mol. The van der Waals surface area contributed by atoms with E-state index in [9.17, 15) is 4.79 Å². The van der Waals surface area contributed by atoms with Crippen molar-refractivity contribution in [3.8, 4) is 0 Å². The smallest absolute Gasteiger partial charge is 0.237 e. The number of amides is 1. The van der Waals surface area contributed by atoms with Crippen molar-refractivity contribution in [3.63, 3.8) is 0 Å². The molecular weight excluding hydrogens is 252 g/mol. The zero-order valence-electron chi connectivity index (χ0n) is 13.8. The largest absolute Gasteiger partial charge is 0.378 e. The number of nitrogens with two attached hydrogens (primary N) is 1. The molecule has 0 spiro atoms. The molecule has 0 aromatic carbocycles. The van der Waals surface area contributed by atoms with Crippen LogP contribution < -0.4 is 11.1 Å². The second kappa shape index (κ2) is 11.1. The fourth-order valence-corrected chi connectivity index (χ4v) is 2.11. The third-order valence-corrected chi connectivity index (χ3v) is 3.78. The Morgan fingerprint density at radius 3 is 2.50 bits per heavy atom. The van der Waals surface area contributed by atoms with Gasteiger partial charge in [-0.2, -0.15) is 0 Å². The van der Waals surface area contributed by atoms with E-state index in [1.165, 1.54) is 25.7 Å². The van der Waals surface area contributed by atoms with Crippen LogP contribution in [-0.4, -0.2) is 30.7 Å². The molecule has 0 saturated carbocycles. The molecule has 1 amide bonds. The number of primary amides is 1. The van der Waals surface area contributed by atoms with Crippen molar-refractivity contribution in [3.05, 3.63) is 0 Å². The van der Waals surface area contributed by atoms with Gasteiger partial charge in [0.1, 0.15) is 0 Å². The first kappa shape index (κ1) is 19.4. The molecule has 0 heterocycles. The molecule has 0 bridgehead atoms. The molecule has 0 radical (unpaired) electrons. The van der Waals surface area contributed by atoms with Gasteiger partial charge >= 0.3 is 0 Å². The van der Waals surface area contributed by atoms with Gasteiger partial charge in [0.2, 0.25) is 5.91 Å². The maximum absolute atomic E-state index is 11.6. The lowest BCUT2D eigenvalue weighted by Gasteiger charge is -2.28. The summed E-state index contributed by atoms with van der Waals surface area (Å²) in [6, 6.07) is 0. The molecule has 0 aromatic rings. The highest BCUT2D eigenvalue weighted by Crippen LogP contribution is 2.12. The average Bonchev–Trinajstić information content (AvgIpc) is 2.41. The number of unbranched alkanes of at least 4 members (excludes halogenated alkanes) is 3. The fraction of sp³-hybridized carbons (Fsp3) is 0.938. The summed E-state index contributed by atoms with van der Waals surface area (Å²) in [4.78, 5) is 11.6. The van der Waals surface area contributed by atoms with Gasteiger partial charge in [0.15, 0.2) is 0 Å². The zero-order valence-corrected chi connectivity index (χ0v) is 13.8. The summed E-state index contributed by atoms with van der Waals surface area (Å²) < 4.78 is 5.80. The van der Waals surface area contributed by atoms with Crippen molar-refractivity contribution >= 4 is 5.91 Å². The van der Waals surface area contributed by atoms with E-state index in [2.05, 4.69) is 26.1 Å². The first-order valence-corrected chi connectivity index (χ1v) is 8.12. The molecule has 0 aliphatic carbocycles. The van der Waals surface area contributed by atoms with Crippen LogP contribution in [0.4, 0.5) is 0 Å². The molecule has 0 saturated heterocycles. The topological polar surface area (TPSA) is 64.3 Å². The molecule has 0 aliphatic rings. The Morgan fingerprint density at radius 1 is 1.25 bits per heavy atom. The predicted octanol–water partition coefficient (Wildman–Crippen LogP) is 3.00. The summed E-state index contributed by atoms with van der Waals surface area (Å²) >= 11 is 0. The predicted molar refractivity (Wildman–Crippen MR) is 84.7 cm³/mol. The number of rotatable bonds is 13. The summed E-state index contributed by atoms with van der Waals surface area (Å²) in [5.41, 5.74) is 4.83. The number of carbonyl (C=O) groups is 1. The standard InChI is InChI=1S/C16H34N2O2/c1-5-7-8-9-10-14(3)20-13-11-16(4,15(17)19)18-12-6-2/h14,18H,5-13H2,1-4H3,(H2,17,19). The third kappa shape index (κ3) is 8.54. The van der Waals surface area contributed by atoms with Gasteiger partial charge in [-0.25, -0.2) is 0 Å². The van der Waals surface area contributed by atoms with Crippen LogP contribution in [0.25, 0.3) is 0 Å². The molecule has 0 rings (SSSR count). The molecule has 20 heavy (non-hydrogen) atoms. The quantitative estimate of drug-likeness (QED) is 0.512. The van der Waals surface area contributed by atoms with Gasteiger partial charge < -0.3 is 15.8 Å². The van der Waals surface area contributed by atoms with E-state index in [1.807, 2.05) is 6.92 Å². The lowest BCUT2D eigenvalue weighted by molar-refractivity contribution is -0.124. The number of hydrogen-bond acceptors (Lipinski definition) is 3. The first-order chi connectivity index (χ1) is 9.46. The Morgan fingerprint density at radius 2 is 1.95 bits per heavy atom. The Bertz CT molecular complexity index is 259. The molecule has 0 aromatic heterocycles. The number of ether oxygens (including phenoxy) is 1. The van der Waals surface area contributed by atoms with Crippen molar-refractivity contribution < 1.29 is 9.53 Å². The minimum absolute atomic E-state index is 0.259. The zero-order chi connectivity index (χ0) is 15.4. The van der Waals surface area contributed by atoms with Gasteiger partial charge in [0.05, 0.1) is 11.6 Å². The van der Waals surface area contributed by atoms with Crippen molar-refractivity contribution in [2.45, 2.75) is 84.3 Å². The number of hydrogen-bond donors (Lipinski definition) is 2. The fourth-order valence-electron chi connectivity index (χ4n) is 2.11. The Balaban J connectivity index is 3.90. The van der Waals surface area contributed by atoms with Crippen LogP contribution in [0.2, 0.25) is 0 Å². The summed E-state index contributed by atoms with van der Waals surface area (Å²) in [6.07, 6.45) is 8.02. The van der Waals surface area contributed by atoms with Gasteiger partial charge in [-0.1, -0.05) is 39.5 Å². The van der Waals surface area contributed by atoms with E-state index in [0.717, 1.165) is 19.4 Å². The molecule has 0 aliphatic heterocycles. The highest BCUT2D eigenvalue weighted by molar-refractivity contribution is 5.84. The minimum Gasteiger partial charge on any atom is -0.378 e. The summed E-state index contributed by atoms with van der Waals surface area (Å²) in [6.45, 7) is 9.63. The van der Waals surface area contributed by atoms with Crippen LogP contribution in [0.3, 0.4) is 0 Å². The van der Waals surface area contributed by atoms with Gasteiger partial charge in [-0.15, -0.1) is 0 Å². The summed E-state index contributed by atoms with van der Waals surface area (Å²) in [5.74, 6) is -0.301. The van der Waals surface area contributed by atoms with E-state index < -0.39 is 5.54 Å². The normalized spacial score (nSPS) is 15.8. The van der Waals surface area contributed by atoms with E-state index >= 15 is 0 Å². The van der Waals surface area contributed by atoms with Crippen LogP contribution in [0.15, 0.2) is 0 Å². The lowest BCUT2D eigenvalue weighted by atomic mass is 9.97. The first-order valence-electron chi connectivity index (χ1n) is 8.12. The van der Waals surface area contributed by atoms with Gasteiger partial charge in [0.25, 0.3) is 0 Å². The van der Waals surface area contributed by atoms with E-state index in [0.29, 0.717) is 13.0 Å². The molecule has 120 valence electrons. The molecule has 3 N–H and O–H groups in total. The van der Waals surface area contributed by atoms with E-state index in [-0.39, 0.29) is 12.0 Å². The maximum Gasteiger partial charge on any atom is 0.237 e. The number of carbonyl (C=O) groups excluding carboxylic acids is 1. The Labute approximate surface area is 124 Å². The highest BCUT2D eigenvalue weighted by Gasteiger charge is 2.29. The number of nitrogens with one attached hydrogen (secondary N) is 1. The molecule has 4 heteroatoms. The molecule has 2 unspecified atom stereocenters. The highest BCUT2D eigenvalue weighted by atomic mass is 16.5. The van der Waals surface area contributed by atoms with Crippen LogP contribution >= 0.6 is 0 Å². The van der Waals surface area contributed by atoms with E-state index in [4.69, 9.17) is 10.5 Å². The Hall–Kier alpha value is -0.610. The van der Waals surface area contributed by atoms with Crippen molar-refractivity contribution in [1.82, 2.24) is 5.32 Å². The van der Waals surface area contributed by atoms with Crippen molar-refractivity contribution in [1.29, 1.82) is 0 Å². The molecular formula is C16H34N2O2. The van der Waals surface area contributed by atoms with Crippen LogP contribution in [-0.2, 0) is 9.53 Å². The van der Waals surface area contributed by atoms with Crippen molar-refractivity contribution in [2.75, 3.05) is 13.2 Å². The lowest BCUT2D eigenvalue weighted by Crippen LogP contribution is -2.54. The maximum atomic E-state index is 11.6. The van der Waals surface area contributed by atoms with E-state index in [1.54, 1.807) is 0 Å². The summed E-state index contributed by atoms with van der Waals surface area (Å²) in [7, 11) is 0. The second-order valence-electron chi connectivity index (χ2n) is 5.90. The molecule has 2 atom stereocenters. The molecule has 4 nitrogen and oxygen atoms in total. The van der Waals surface area contributed by atoms with Gasteiger partial charge in [-0.3, -0.25) is 4.79 Å². The second-order valence-corrected chi connectivity index (χ2v) is 5.90. The summed E-state index contributed by atoms with van der Waals surface area (Å²) in [5, 5.41) is 3.22. The third-order valence-electron chi connectivity index (χ3n) is 3.78. The van der Waals surface area contributed by atoms with Crippen LogP contribution in [0.1, 0.15) is 72.6 Å². The van der Waals surface area contributed by atoms with Crippen LogP contribution in [0, 0.1) is 0 Å². The van der Waals surface area contributed by atoms with Gasteiger partial charge in [0, 0.05) is 6.61 Å². The SMILES string of the molecule is CCCCCCC(C)OCCC(C)(NCCC)C(N)=O. The van der Waals surface area contributed by atoms with Crippen LogP contribution in [0.5, 0.6) is 0 Å². The van der Waals surface area contributed by atoms with Gasteiger partial charge in [-0.05, 0) is 39.7 Å². The minimum atomic E-state index is -0.655. The van der Waals surface area contributed by atoms with Crippen molar-refractivity contribution in [2.24, 2.45) is 5.73 Å². The Kier molecular flexibility index (Phi) is 10.8. The average molecular weight is 286 g/mol. The molecule has 0 fully saturated rings.